The van der Waals surface area contributed by atoms with Crippen molar-refractivity contribution in [3.8, 4) is 11.3 Å². The van der Waals surface area contributed by atoms with E-state index in [0.717, 1.165) is 35.7 Å². The molecule has 0 amide bonds. The first-order chi connectivity index (χ1) is 14.8. The number of nitrogens with one attached hydrogen (secondary N) is 1. The van der Waals surface area contributed by atoms with Gasteiger partial charge < -0.3 is 10.2 Å². The average Bonchev–Trinajstić information content (AvgIpc) is 2.83. The van der Waals surface area contributed by atoms with Crippen LogP contribution in [0, 0.1) is 0 Å². The Morgan fingerprint density at radius 3 is 2.27 bits per heavy atom. The number of rotatable bonds is 8. The molecule has 0 saturated carbocycles. The normalized spacial score (nSPS) is 10.6. The maximum atomic E-state index is 4.82. The van der Waals surface area contributed by atoms with E-state index in [2.05, 4.69) is 64.6 Å². The predicted molar refractivity (Wildman–Crippen MR) is 122 cm³/mol. The second-order valence-electron chi connectivity index (χ2n) is 7.02. The first-order valence-corrected chi connectivity index (χ1v) is 10.2. The van der Waals surface area contributed by atoms with Crippen LogP contribution in [-0.4, -0.2) is 21.5 Å². The van der Waals surface area contributed by atoms with Crippen LogP contribution in [0.2, 0.25) is 0 Å². The summed E-state index contributed by atoms with van der Waals surface area (Å²) in [6, 6.07) is 26.7. The lowest BCUT2D eigenvalue weighted by molar-refractivity contribution is 0.810. The maximum Gasteiger partial charge on any atom is 0.225 e. The molecular formula is C25H25N5. The monoisotopic (exact) mass is 395 g/mol. The predicted octanol–water partition coefficient (Wildman–Crippen LogP) is 5.18. The van der Waals surface area contributed by atoms with Crippen molar-refractivity contribution in [3.05, 3.63) is 102 Å². The summed E-state index contributed by atoms with van der Waals surface area (Å²) in [4.78, 5) is 16.0. The van der Waals surface area contributed by atoms with E-state index in [9.17, 15) is 0 Å². The second-order valence-corrected chi connectivity index (χ2v) is 7.02. The first-order valence-electron chi connectivity index (χ1n) is 10.2. The van der Waals surface area contributed by atoms with Gasteiger partial charge in [-0.15, -0.1) is 0 Å². The summed E-state index contributed by atoms with van der Waals surface area (Å²) in [6.07, 6.45) is 3.62. The van der Waals surface area contributed by atoms with Crippen molar-refractivity contribution in [1.82, 2.24) is 15.0 Å². The summed E-state index contributed by atoms with van der Waals surface area (Å²) < 4.78 is 0. The molecule has 0 saturated heterocycles. The molecule has 0 aliphatic heterocycles. The number of pyridine rings is 1. The van der Waals surface area contributed by atoms with Crippen molar-refractivity contribution >= 4 is 11.8 Å². The molecular weight excluding hydrogens is 370 g/mol. The van der Waals surface area contributed by atoms with E-state index in [0.29, 0.717) is 12.5 Å². The lowest BCUT2D eigenvalue weighted by Crippen LogP contribution is -2.23. The number of nitrogens with zero attached hydrogens (tertiary/aromatic N) is 4. The fourth-order valence-electron chi connectivity index (χ4n) is 3.27. The van der Waals surface area contributed by atoms with Crippen molar-refractivity contribution in [1.29, 1.82) is 0 Å². The summed E-state index contributed by atoms with van der Waals surface area (Å²) in [7, 11) is 0. The van der Waals surface area contributed by atoms with Crippen LogP contribution in [0.1, 0.15) is 18.1 Å². The Balaban J connectivity index is 1.65. The van der Waals surface area contributed by atoms with Gasteiger partial charge in [0.1, 0.15) is 5.82 Å². The van der Waals surface area contributed by atoms with Gasteiger partial charge >= 0.3 is 0 Å². The molecule has 30 heavy (non-hydrogen) atoms. The summed E-state index contributed by atoms with van der Waals surface area (Å²) in [5, 5.41) is 3.37. The van der Waals surface area contributed by atoms with E-state index >= 15 is 0 Å². The maximum absolute atomic E-state index is 4.82. The molecule has 0 spiro atoms. The second kappa shape index (κ2) is 9.65. The molecule has 150 valence electrons. The van der Waals surface area contributed by atoms with Crippen LogP contribution in [0.3, 0.4) is 0 Å². The molecule has 5 heteroatoms. The summed E-state index contributed by atoms with van der Waals surface area (Å²) in [5.74, 6) is 1.52. The van der Waals surface area contributed by atoms with Crippen molar-refractivity contribution in [2.24, 2.45) is 0 Å². The molecule has 0 aliphatic rings. The van der Waals surface area contributed by atoms with Gasteiger partial charge in [0.05, 0.1) is 5.69 Å². The molecule has 2 aromatic heterocycles. The van der Waals surface area contributed by atoms with E-state index in [4.69, 9.17) is 9.97 Å². The van der Waals surface area contributed by atoms with Crippen molar-refractivity contribution in [3.63, 3.8) is 0 Å². The SMILES string of the molecule is CCN(Cc1ccccc1)c1cc(-c2ccccc2)nc(NCc2cccnc2)n1. The summed E-state index contributed by atoms with van der Waals surface area (Å²) in [6.45, 7) is 4.42. The molecule has 0 unspecified atom stereocenters. The molecule has 0 aliphatic carbocycles. The molecule has 5 nitrogen and oxygen atoms in total. The highest BCUT2D eigenvalue weighted by Crippen LogP contribution is 2.24. The van der Waals surface area contributed by atoms with Gasteiger partial charge in [-0.1, -0.05) is 66.7 Å². The highest BCUT2D eigenvalue weighted by molar-refractivity contribution is 5.65. The van der Waals surface area contributed by atoms with Gasteiger partial charge in [0.25, 0.3) is 0 Å². The van der Waals surface area contributed by atoms with Crippen LogP contribution in [0.5, 0.6) is 0 Å². The van der Waals surface area contributed by atoms with Crippen LogP contribution in [0.25, 0.3) is 11.3 Å². The highest BCUT2D eigenvalue weighted by Gasteiger charge is 2.12. The Bertz CT molecular complexity index is 1050. The number of hydrogen-bond acceptors (Lipinski definition) is 5. The molecule has 4 rings (SSSR count). The third kappa shape index (κ3) is 5.00. The first kappa shape index (κ1) is 19.6. The molecule has 4 aromatic rings. The summed E-state index contributed by atoms with van der Waals surface area (Å²) in [5.41, 5.74) is 4.32. The number of aromatic nitrogens is 3. The fourth-order valence-corrected chi connectivity index (χ4v) is 3.27. The minimum absolute atomic E-state index is 0.613. The van der Waals surface area contributed by atoms with Gasteiger partial charge in [0.2, 0.25) is 5.95 Å². The number of benzene rings is 2. The van der Waals surface area contributed by atoms with Crippen molar-refractivity contribution < 1.29 is 0 Å². The van der Waals surface area contributed by atoms with Crippen LogP contribution in [0.15, 0.2) is 91.3 Å². The Kier molecular flexibility index (Phi) is 6.30. The highest BCUT2D eigenvalue weighted by atomic mass is 15.2. The Morgan fingerprint density at radius 1 is 0.833 bits per heavy atom. The van der Waals surface area contributed by atoms with E-state index in [1.165, 1.54) is 5.56 Å². The van der Waals surface area contributed by atoms with E-state index in [-0.39, 0.29) is 0 Å². The minimum atomic E-state index is 0.613. The smallest absolute Gasteiger partial charge is 0.225 e. The van der Waals surface area contributed by atoms with Crippen LogP contribution in [0.4, 0.5) is 11.8 Å². The van der Waals surface area contributed by atoms with Gasteiger partial charge in [-0.05, 0) is 24.1 Å². The molecule has 0 bridgehead atoms. The topological polar surface area (TPSA) is 53.9 Å². The molecule has 0 radical (unpaired) electrons. The van der Waals surface area contributed by atoms with E-state index in [1.54, 1.807) is 6.20 Å². The Hall–Kier alpha value is -3.73. The van der Waals surface area contributed by atoms with Gasteiger partial charge in [-0.2, -0.15) is 4.98 Å². The molecule has 0 atom stereocenters. The summed E-state index contributed by atoms with van der Waals surface area (Å²) >= 11 is 0. The quantitative estimate of drug-likeness (QED) is 0.446. The van der Waals surface area contributed by atoms with Gasteiger partial charge in [-0.25, -0.2) is 4.98 Å². The zero-order valence-corrected chi connectivity index (χ0v) is 17.1. The molecule has 2 aromatic carbocycles. The largest absolute Gasteiger partial charge is 0.352 e. The van der Waals surface area contributed by atoms with Gasteiger partial charge in [0, 0.05) is 43.7 Å². The zero-order valence-electron chi connectivity index (χ0n) is 17.1. The molecule has 0 fully saturated rings. The molecule has 1 N–H and O–H groups in total. The van der Waals surface area contributed by atoms with E-state index < -0.39 is 0 Å². The number of anilines is 2. The van der Waals surface area contributed by atoms with Crippen molar-refractivity contribution in [2.75, 3.05) is 16.8 Å². The Morgan fingerprint density at radius 2 is 1.57 bits per heavy atom. The Labute approximate surface area is 177 Å². The van der Waals surface area contributed by atoms with Crippen LogP contribution < -0.4 is 10.2 Å². The third-order valence-corrected chi connectivity index (χ3v) is 4.88. The lowest BCUT2D eigenvalue weighted by Gasteiger charge is -2.23. The minimum Gasteiger partial charge on any atom is -0.352 e. The molecule has 2 heterocycles. The standard InChI is InChI=1S/C25H25N5/c1-2-30(19-20-10-5-3-6-11-20)24-16-23(22-13-7-4-8-14-22)28-25(29-24)27-18-21-12-9-15-26-17-21/h3-17H,2,18-19H2,1H3,(H,27,28,29). The zero-order chi connectivity index (χ0) is 20.6. The van der Waals surface area contributed by atoms with Gasteiger partial charge in [-0.3, -0.25) is 4.98 Å². The third-order valence-electron chi connectivity index (χ3n) is 4.88. The fraction of sp³-hybridized carbons (Fsp3) is 0.160. The lowest BCUT2D eigenvalue weighted by atomic mass is 10.1. The van der Waals surface area contributed by atoms with Crippen LogP contribution >= 0.6 is 0 Å². The van der Waals surface area contributed by atoms with Crippen LogP contribution in [-0.2, 0) is 13.1 Å². The van der Waals surface area contributed by atoms with Gasteiger partial charge in [0.15, 0.2) is 0 Å². The van der Waals surface area contributed by atoms with Crippen molar-refractivity contribution in [2.45, 2.75) is 20.0 Å². The number of hydrogen-bond donors (Lipinski definition) is 1. The van der Waals surface area contributed by atoms with E-state index in [1.807, 2.05) is 42.6 Å². The average molecular weight is 396 g/mol.